The van der Waals surface area contributed by atoms with E-state index in [1.807, 2.05) is 30.3 Å². The van der Waals surface area contributed by atoms with Crippen molar-refractivity contribution in [3.63, 3.8) is 0 Å². The SMILES string of the molecule is O=C(c1ccc(C(F)(F)F)nc1COCCOCOCc1ccccc1)C1C(=O)C2CCC(C2)C1=O. The van der Waals surface area contributed by atoms with Crippen LogP contribution in [-0.2, 0) is 43.2 Å². The van der Waals surface area contributed by atoms with Crippen LogP contribution in [0.25, 0.3) is 0 Å². The number of alkyl halides is 3. The highest BCUT2D eigenvalue weighted by atomic mass is 19.4. The topological polar surface area (TPSA) is 91.8 Å². The molecule has 1 aromatic heterocycles. The van der Waals surface area contributed by atoms with Gasteiger partial charge in [-0.25, -0.2) is 4.98 Å². The van der Waals surface area contributed by atoms with Crippen molar-refractivity contribution in [3.05, 3.63) is 65.0 Å². The van der Waals surface area contributed by atoms with Crippen LogP contribution in [0.1, 0.15) is 46.6 Å². The monoisotopic (exact) mass is 505 g/mol. The van der Waals surface area contributed by atoms with Crippen molar-refractivity contribution in [1.82, 2.24) is 4.98 Å². The summed E-state index contributed by atoms with van der Waals surface area (Å²) >= 11 is 0. The Morgan fingerprint density at radius 1 is 0.889 bits per heavy atom. The van der Waals surface area contributed by atoms with Gasteiger partial charge >= 0.3 is 6.18 Å². The van der Waals surface area contributed by atoms with Crippen molar-refractivity contribution in [3.8, 4) is 0 Å². The third-order valence-corrected chi connectivity index (χ3v) is 6.49. The molecular formula is C26H26F3NO6. The smallest absolute Gasteiger partial charge is 0.373 e. The van der Waals surface area contributed by atoms with E-state index in [0.29, 0.717) is 31.9 Å². The fourth-order valence-electron chi connectivity index (χ4n) is 4.66. The molecule has 0 N–H and O–H groups in total. The Kier molecular flexibility index (Phi) is 8.28. The van der Waals surface area contributed by atoms with Gasteiger partial charge < -0.3 is 14.2 Å². The molecule has 0 aliphatic heterocycles. The number of hydrogen-bond acceptors (Lipinski definition) is 7. The van der Waals surface area contributed by atoms with E-state index in [-0.39, 0.29) is 43.1 Å². The lowest BCUT2D eigenvalue weighted by molar-refractivity contribution is -0.141. The lowest BCUT2D eigenvalue weighted by Crippen LogP contribution is -2.42. The van der Waals surface area contributed by atoms with Crippen LogP contribution in [0.5, 0.6) is 0 Å². The summed E-state index contributed by atoms with van der Waals surface area (Å²) in [4.78, 5) is 42.2. The molecule has 7 nitrogen and oxygen atoms in total. The summed E-state index contributed by atoms with van der Waals surface area (Å²) in [6.45, 7) is 0.0482. The molecule has 2 aliphatic carbocycles. The van der Waals surface area contributed by atoms with Crippen LogP contribution >= 0.6 is 0 Å². The summed E-state index contributed by atoms with van der Waals surface area (Å²) in [5.41, 5.74) is -0.686. The summed E-state index contributed by atoms with van der Waals surface area (Å²) in [5.74, 6) is -3.91. The first-order valence-corrected chi connectivity index (χ1v) is 11.7. The molecule has 1 heterocycles. The first-order chi connectivity index (χ1) is 17.3. The normalized spacial score (nSPS) is 21.7. The second-order valence-electron chi connectivity index (χ2n) is 8.91. The maximum Gasteiger partial charge on any atom is 0.433 e. The Hall–Kier alpha value is -2.95. The van der Waals surface area contributed by atoms with Gasteiger partial charge in [0.15, 0.2) is 17.3 Å². The standard InChI is InChI=1S/C26H26F3NO6/c27-26(28,29)21-9-8-19(25(33)22-23(31)17-6-7-18(12-17)24(22)32)20(30-21)14-34-10-11-35-15-36-13-16-4-2-1-3-5-16/h1-5,8-9,17-18,22H,6-7,10-15H2. The summed E-state index contributed by atoms with van der Waals surface area (Å²) in [5, 5.41) is 0. The van der Waals surface area contributed by atoms with Crippen molar-refractivity contribution in [2.75, 3.05) is 20.0 Å². The maximum absolute atomic E-state index is 13.2. The van der Waals surface area contributed by atoms with E-state index in [0.717, 1.165) is 11.6 Å². The van der Waals surface area contributed by atoms with Crippen molar-refractivity contribution in [2.45, 2.75) is 38.7 Å². The van der Waals surface area contributed by atoms with Crippen LogP contribution in [0.3, 0.4) is 0 Å². The van der Waals surface area contributed by atoms with E-state index in [2.05, 4.69) is 4.98 Å². The zero-order valence-corrected chi connectivity index (χ0v) is 19.5. The molecule has 0 amide bonds. The van der Waals surface area contributed by atoms with Gasteiger partial charge in [-0.05, 0) is 37.0 Å². The van der Waals surface area contributed by atoms with Gasteiger partial charge in [-0.15, -0.1) is 0 Å². The Bertz CT molecular complexity index is 1080. The number of nitrogens with zero attached hydrogens (tertiary/aromatic N) is 1. The second-order valence-corrected chi connectivity index (χ2v) is 8.91. The highest BCUT2D eigenvalue weighted by Gasteiger charge is 2.50. The molecule has 2 fully saturated rings. The average molecular weight is 505 g/mol. The van der Waals surface area contributed by atoms with E-state index in [1.165, 1.54) is 0 Å². The van der Waals surface area contributed by atoms with Crippen molar-refractivity contribution >= 4 is 17.3 Å². The zero-order valence-electron chi connectivity index (χ0n) is 19.5. The van der Waals surface area contributed by atoms with Crippen molar-refractivity contribution < 1.29 is 41.8 Å². The molecule has 2 aromatic rings. The number of fused-ring (bicyclic) bond motifs is 2. The second kappa shape index (κ2) is 11.4. The van der Waals surface area contributed by atoms with Crippen LogP contribution in [0.15, 0.2) is 42.5 Å². The van der Waals surface area contributed by atoms with Crippen LogP contribution in [0.2, 0.25) is 0 Å². The predicted octanol–water partition coefficient (Wildman–Crippen LogP) is 4.17. The summed E-state index contributed by atoms with van der Waals surface area (Å²) in [6.07, 6.45) is -3.19. The molecule has 36 heavy (non-hydrogen) atoms. The van der Waals surface area contributed by atoms with E-state index in [1.54, 1.807) is 0 Å². The third kappa shape index (κ3) is 6.05. The zero-order chi connectivity index (χ0) is 25.7. The van der Waals surface area contributed by atoms with Crippen molar-refractivity contribution in [2.24, 2.45) is 17.8 Å². The number of carbonyl (C=O) groups excluding carboxylic acids is 3. The fourth-order valence-corrected chi connectivity index (χ4v) is 4.66. The molecule has 2 unspecified atom stereocenters. The van der Waals surface area contributed by atoms with Crippen LogP contribution < -0.4 is 0 Å². The molecule has 0 saturated heterocycles. The molecule has 2 aliphatic rings. The molecule has 10 heteroatoms. The van der Waals surface area contributed by atoms with Gasteiger partial charge in [0.1, 0.15) is 18.4 Å². The molecule has 0 spiro atoms. The van der Waals surface area contributed by atoms with Crippen LogP contribution in [0, 0.1) is 17.8 Å². The number of ketones is 3. The van der Waals surface area contributed by atoms with E-state index < -0.39 is 41.7 Å². The molecule has 192 valence electrons. The van der Waals surface area contributed by atoms with Gasteiger partial charge in [0.25, 0.3) is 0 Å². The minimum Gasteiger partial charge on any atom is -0.373 e. The summed E-state index contributed by atoms with van der Waals surface area (Å²) in [6, 6.07) is 11.1. The van der Waals surface area contributed by atoms with Gasteiger partial charge in [-0.2, -0.15) is 13.2 Å². The minimum absolute atomic E-state index is 0.00195. The largest absolute Gasteiger partial charge is 0.433 e. The van der Waals surface area contributed by atoms with Gasteiger partial charge in [-0.1, -0.05) is 30.3 Å². The summed E-state index contributed by atoms with van der Waals surface area (Å²) in [7, 11) is 0. The molecule has 1 aromatic carbocycles. The lowest BCUT2D eigenvalue weighted by Gasteiger charge is -2.25. The Morgan fingerprint density at radius 3 is 2.22 bits per heavy atom. The first-order valence-electron chi connectivity index (χ1n) is 11.7. The Labute approximate surface area is 205 Å². The number of hydrogen-bond donors (Lipinski definition) is 0. The fraction of sp³-hybridized carbons (Fsp3) is 0.462. The lowest BCUT2D eigenvalue weighted by atomic mass is 9.75. The number of ether oxygens (including phenoxy) is 3. The number of benzene rings is 1. The Morgan fingerprint density at radius 2 is 1.56 bits per heavy atom. The number of carbonyl (C=O) groups is 3. The molecular weight excluding hydrogens is 479 g/mol. The highest BCUT2D eigenvalue weighted by Crippen LogP contribution is 2.41. The number of halogens is 3. The third-order valence-electron chi connectivity index (χ3n) is 6.49. The predicted molar refractivity (Wildman–Crippen MR) is 120 cm³/mol. The van der Waals surface area contributed by atoms with E-state index in [4.69, 9.17) is 14.2 Å². The number of Topliss-reactive ketones (excluding diaryl/α,β-unsaturated/α-hetero) is 3. The van der Waals surface area contributed by atoms with Crippen LogP contribution in [-0.4, -0.2) is 42.3 Å². The van der Waals surface area contributed by atoms with Gasteiger partial charge in [0.2, 0.25) is 0 Å². The van der Waals surface area contributed by atoms with Crippen LogP contribution in [0.4, 0.5) is 13.2 Å². The molecule has 2 saturated carbocycles. The van der Waals surface area contributed by atoms with Gasteiger partial charge in [-0.3, -0.25) is 14.4 Å². The van der Waals surface area contributed by atoms with E-state index in [9.17, 15) is 27.6 Å². The maximum atomic E-state index is 13.2. The summed E-state index contributed by atoms with van der Waals surface area (Å²) < 4.78 is 55.8. The molecule has 4 rings (SSSR count). The quantitative estimate of drug-likeness (QED) is 0.196. The van der Waals surface area contributed by atoms with E-state index >= 15 is 0 Å². The number of aromatic nitrogens is 1. The molecule has 2 atom stereocenters. The minimum atomic E-state index is -4.73. The number of pyridine rings is 1. The highest BCUT2D eigenvalue weighted by molar-refractivity contribution is 6.26. The molecule has 0 radical (unpaired) electrons. The van der Waals surface area contributed by atoms with Gasteiger partial charge in [0, 0.05) is 17.4 Å². The Balaban J connectivity index is 1.35. The number of rotatable bonds is 11. The van der Waals surface area contributed by atoms with Crippen molar-refractivity contribution in [1.29, 1.82) is 0 Å². The average Bonchev–Trinajstić information content (AvgIpc) is 3.32. The first kappa shape index (κ1) is 26.1. The molecule has 2 bridgehead atoms. The van der Waals surface area contributed by atoms with Gasteiger partial charge in [0.05, 0.1) is 32.1 Å².